The first kappa shape index (κ1) is 17.7. The molecule has 2 rings (SSSR count). The van der Waals surface area contributed by atoms with Crippen LogP contribution in [0.4, 0.5) is 0 Å². The summed E-state index contributed by atoms with van der Waals surface area (Å²) < 4.78 is 0. The Labute approximate surface area is 129 Å². The molecule has 0 bridgehead atoms. The van der Waals surface area contributed by atoms with E-state index in [0.29, 0.717) is 24.3 Å². The Hall–Kier alpha value is -0.320. The number of rotatable bonds is 3. The minimum absolute atomic E-state index is 0. The van der Waals surface area contributed by atoms with E-state index in [2.05, 4.69) is 30.6 Å². The molecule has 2 aliphatic heterocycles. The minimum atomic E-state index is 0. The summed E-state index contributed by atoms with van der Waals surface area (Å²) in [6, 6.07) is 0. The number of amides is 1. The maximum Gasteiger partial charge on any atom is 0.236 e. The van der Waals surface area contributed by atoms with Crippen LogP contribution in [0.15, 0.2) is 0 Å². The first-order chi connectivity index (χ1) is 8.92. The zero-order valence-electron chi connectivity index (χ0n) is 13.1. The molecule has 0 aromatic heterocycles. The molecule has 0 aliphatic carbocycles. The summed E-state index contributed by atoms with van der Waals surface area (Å²) in [5, 5.41) is 0. The van der Waals surface area contributed by atoms with E-state index in [1.165, 1.54) is 6.42 Å². The first-order valence-electron chi connectivity index (χ1n) is 7.62. The molecule has 0 aromatic rings. The van der Waals surface area contributed by atoms with Gasteiger partial charge in [0.25, 0.3) is 0 Å². The van der Waals surface area contributed by atoms with Gasteiger partial charge in [-0.1, -0.05) is 20.8 Å². The zero-order chi connectivity index (χ0) is 14.0. The monoisotopic (exact) mass is 303 g/mol. The molecule has 4 nitrogen and oxygen atoms in total. The summed E-state index contributed by atoms with van der Waals surface area (Å²) in [6.45, 7) is 11.9. The van der Waals surface area contributed by atoms with Gasteiger partial charge in [-0.05, 0) is 43.2 Å². The number of likely N-dealkylation sites (tertiary alicyclic amines) is 2. The van der Waals surface area contributed by atoms with Crippen LogP contribution < -0.4 is 5.73 Å². The van der Waals surface area contributed by atoms with Crippen molar-refractivity contribution in [3.63, 3.8) is 0 Å². The summed E-state index contributed by atoms with van der Waals surface area (Å²) in [6.07, 6.45) is 2.36. The van der Waals surface area contributed by atoms with Crippen molar-refractivity contribution < 1.29 is 4.79 Å². The van der Waals surface area contributed by atoms with E-state index in [4.69, 9.17) is 5.73 Å². The third-order valence-corrected chi connectivity index (χ3v) is 4.71. The van der Waals surface area contributed by atoms with E-state index in [0.717, 1.165) is 39.1 Å². The lowest BCUT2D eigenvalue weighted by molar-refractivity contribution is -0.134. The fourth-order valence-electron chi connectivity index (χ4n) is 3.59. The summed E-state index contributed by atoms with van der Waals surface area (Å²) in [5.41, 5.74) is 6.03. The Morgan fingerprint density at radius 2 is 1.90 bits per heavy atom. The highest BCUT2D eigenvalue weighted by Crippen LogP contribution is 2.28. The molecule has 0 spiro atoms. The van der Waals surface area contributed by atoms with Crippen LogP contribution in [-0.2, 0) is 4.79 Å². The average molecular weight is 304 g/mol. The second-order valence-corrected chi connectivity index (χ2v) is 7.22. The van der Waals surface area contributed by atoms with Gasteiger partial charge in [0.2, 0.25) is 5.91 Å². The third kappa shape index (κ3) is 4.34. The molecule has 2 aliphatic rings. The molecule has 0 radical (unpaired) electrons. The molecule has 2 saturated heterocycles. The normalized spacial score (nSPS) is 34.9. The van der Waals surface area contributed by atoms with Crippen LogP contribution in [0.1, 0.15) is 33.6 Å². The van der Waals surface area contributed by atoms with Crippen molar-refractivity contribution in [1.29, 1.82) is 0 Å². The van der Waals surface area contributed by atoms with Crippen LogP contribution in [0.25, 0.3) is 0 Å². The number of halogens is 1. The van der Waals surface area contributed by atoms with Crippen molar-refractivity contribution in [2.45, 2.75) is 33.6 Å². The minimum Gasteiger partial charge on any atom is -0.341 e. The van der Waals surface area contributed by atoms with Crippen molar-refractivity contribution in [2.75, 3.05) is 39.3 Å². The van der Waals surface area contributed by atoms with Gasteiger partial charge in [-0.3, -0.25) is 9.69 Å². The average Bonchev–Trinajstić information content (AvgIpc) is 2.70. The third-order valence-electron chi connectivity index (χ3n) is 4.71. The summed E-state index contributed by atoms with van der Waals surface area (Å²) in [7, 11) is 0. The van der Waals surface area contributed by atoms with Gasteiger partial charge in [-0.15, -0.1) is 12.4 Å². The lowest BCUT2D eigenvalue weighted by Crippen LogP contribution is -2.47. The van der Waals surface area contributed by atoms with E-state index < -0.39 is 0 Å². The summed E-state index contributed by atoms with van der Waals surface area (Å²) in [5.74, 6) is 1.58. The Bertz CT molecular complexity index is 329. The van der Waals surface area contributed by atoms with E-state index in [1.807, 2.05) is 0 Å². The van der Waals surface area contributed by atoms with Crippen LogP contribution in [0.5, 0.6) is 0 Å². The van der Waals surface area contributed by atoms with Crippen LogP contribution in [0, 0.1) is 17.3 Å². The van der Waals surface area contributed by atoms with Gasteiger partial charge in [-0.25, -0.2) is 0 Å². The van der Waals surface area contributed by atoms with Crippen LogP contribution >= 0.6 is 12.4 Å². The largest absolute Gasteiger partial charge is 0.341 e. The molecule has 0 saturated carbocycles. The molecule has 1 amide bonds. The van der Waals surface area contributed by atoms with E-state index >= 15 is 0 Å². The molecular weight excluding hydrogens is 274 g/mol. The van der Waals surface area contributed by atoms with Crippen LogP contribution in [-0.4, -0.2) is 55.0 Å². The van der Waals surface area contributed by atoms with Gasteiger partial charge in [-0.2, -0.15) is 0 Å². The summed E-state index contributed by atoms with van der Waals surface area (Å²) in [4.78, 5) is 16.7. The predicted octanol–water partition coefficient (Wildman–Crippen LogP) is 1.58. The zero-order valence-corrected chi connectivity index (χ0v) is 13.9. The van der Waals surface area contributed by atoms with E-state index in [9.17, 15) is 4.79 Å². The maximum absolute atomic E-state index is 12.4. The summed E-state index contributed by atoms with van der Waals surface area (Å²) >= 11 is 0. The first-order valence-corrected chi connectivity index (χ1v) is 7.62. The molecule has 20 heavy (non-hydrogen) atoms. The highest BCUT2D eigenvalue weighted by molar-refractivity contribution is 5.85. The standard InChI is InChI=1S/C15H29N3O.ClH/c1-12-6-13(2)8-18(7-12)14(19)9-17-5-4-15(3,10-16)11-17;/h12-13H,4-11,16H2,1-3H3;1H. The highest BCUT2D eigenvalue weighted by atomic mass is 35.5. The Morgan fingerprint density at radius 1 is 1.30 bits per heavy atom. The Morgan fingerprint density at radius 3 is 2.40 bits per heavy atom. The van der Waals surface area contributed by atoms with E-state index in [-0.39, 0.29) is 17.8 Å². The molecule has 3 atom stereocenters. The highest BCUT2D eigenvalue weighted by Gasteiger charge is 2.34. The molecule has 118 valence electrons. The number of hydrogen-bond acceptors (Lipinski definition) is 3. The fourth-order valence-corrected chi connectivity index (χ4v) is 3.59. The van der Waals surface area contributed by atoms with Crippen molar-refractivity contribution in [3.8, 4) is 0 Å². The number of carbonyl (C=O) groups excluding carboxylic acids is 1. The van der Waals surface area contributed by atoms with Crippen molar-refractivity contribution in [2.24, 2.45) is 23.0 Å². The number of nitrogens with two attached hydrogens (primary N) is 1. The molecule has 3 unspecified atom stereocenters. The predicted molar refractivity (Wildman–Crippen MR) is 85.0 cm³/mol. The molecule has 2 N–H and O–H groups in total. The van der Waals surface area contributed by atoms with E-state index in [1.54, 1.807) is 0 Å². The smallest absolute Gasteiger partial charge is 0.236 e. The van der Waals surface area contributed by atoms with Gasteiger partial charge in [0.15, 0.2) is 0 Å². The van der Waals surface area contributed by atoms with Crippen molar-refractivity contribution in [3.05, 3.63) is 0 Å². The van der Waals surface area contributed by atoms with Gasteiger partial charge < -0.3 is 10.6 Å². The molecular formula is C15H30ClN3O. The number of carbonyl (C=O) groups is 1. The topological polar surface area (TPSA) is 49.6 Å². The Kier molecular flexibility index (Phi) is 6.29. The van der Waals surface area contributed by atoms with Crippen molar-refractivity contribution in [1.82, 2.24) is 9.80 Å². The van der Waals surface area contributed by atoms with Gasteiger partial charge in [0.05, 0.1) is 6.54 Å². The lowest BCUT2D eigenvalue weighted by Gasteiger charge is -2.36. The van der Waals surface area contributed by atoms with Gasteiger partial charge in [0, 0.05) is 19.6 Å². The fraction of sp³-hybridized carbons (Fsp3) is 0.933. The van der Waals surface area contributed by atoms with Crippen LogP contribution in [0.2, 0.25) is 0 Å². The van der Waals surface area contributed by atoms with Crippen LogP contribution in [0.3, 0.4) is 0 Å². The lowest BCUT2D eigenvalue weighted by atomic mass is 9.90. The number of nitrogens with zero attached hydrogens (tertiary/aromatic N) is 2. The SMILES string of the molecule is CC1CC(C)CN(C(=O)CN2CCC(C)(CN)C2)C1.Cl. The Balaban J connectivity index is 0.00000200. The second-order valence-electron chi connectivity index (χ2n) is 7.22. The number of piperidine rings is 1. The second kappa shape index (κ2) is 7.10. The maximum atomic E-state index is 12.4. The van der Waals surface area contributed by atoms with Crippen molar-refractivity contribution >= 4 is 18.3 Å². The quantitative estimate of drug-likeness (QED) is 0.861. The molecule has 2 fully saturated rings. The molecule has 0 aromatic carbocycles. The molecule has 5 heteroatoms. The van der Waals surface area contributed by atoms with Gasteiger partial charge >= 0.3 is 0 Å². The number of hydrogen-bond donors (Lipinski definition) is 1. The van der Waals surface area contributed by atoms with Gasteiger partial charge in [0.1, 0.15) is 0 Å². The molecule has 2 heterocycles.